The number of hydrogen-bond acceptors (Lipinski definition) is 2. The summed E-state index contributed by atoms with van der Waals surface area (Å²) in [7, 11) is 0. The van der Waals surface area contributed by atoms with Gasteiger partial charge in [0, 0.05) is 28.6 Å². The summed E-state index contributed by atoms with van der Waals surface area (Å²) in [4.78, 5) is 3.49. The first-order chi connectivity index (χ1) is 8.38. The summed E-state index contributed by atoms with van der Waals surface area (Å²) in [5.41, 5.74) is 10.9. The largest absolute Gasteiger partial charge is 0.376 e. The van der Waals surface area contributed by atoms with Crippen LogP contribution in [0.3, 0.4) is 0 Å². The van der Waals surface area contributed by atoms with Gasteiger partial charge in [0.05, 0.1) is 13.2 Å². The molecule has 0 atom stereocenters. The zero-order valence-corrected chi connectivity index (χ0v) is 9.96. The molecule has 90 valence electrons. The summed E-state index contributed by atoms with van der Waals surface area (Å²) >= 11 is 0. The van der Waals surface area contributed by atoms with Gasteiger partial charge in [-0.15, -0.1) is 0 Å². The van der Waals surface area contributed by atoms with E-state index in [0.29, 0.717) is 0 Å². The zero-order chi connectivity index (χ0) is 11.7. The molecule has 0 amide bonds. The Bertz CT molecular complexity index is 530. The van der Waals surface area contributed by atoms with Gasteiger partial charge in [-0.25, -0.2) is 0 Å². The molecule has 3 N–H and O–H groups in total. The molecule has 0 spiro atoms. The van der Waals surface area contributed by atoms with Crippen molar-refractivity contribution in [1.82, 2.24) is 4.98 Å². The fourth-order valence-corrected chi connectivity index (χ4v) is 2.54. The molecule has 0 radical (unpaired) electrons. The third kappa shape index (κ3) is 1.96. The monoisotopic (exact) mass is 230 g/mol. The number of nitrogens with two attached hydrogens (primary N) is 1. The minimum absolute atomic E-state index is 0.746. The second kappa shape index (κ2) is 4.51. The molecule has 3 heteroatoms. The average Bonchev–Trinajstić information content (AvgIpc) is 2.74. The van der Waals surface area contributed by atoms with Crippen LogP contribution in [0.4, 0.5) is 0 Å². The fourth-order valence-electron chi connectivity index (χ4n) is 2.54. The summed E-state index contributed by atoms with van der Waals surface area (Å²) in [6.07, 6.45) is 3.12. The SMILES string of the molecule is NCCCc1ccc2[nH]c3c(c2c1)COCC3. The lowest BCUT2D eigenvalue weighted by Gasteiger charge is -2.11. The quantitative estimate of drug-likeness (QED) is 0.848. The highest BCUT2D eigenvalue weighted by Gasteiger charge is 2.15. The highest BCUT2D eigenvalue weighted by Crippen LogP contribution is 2.27. The lowest BCUT2D eigenvalue weighted by molar-refractivity contribution is 0.111. The molecule has 1 aromatic carbocycles. The van der Waals surface area contributed by atoms with Crippen molar-refractivity contribution in [2.24, 2.45) is 5.73 Å². The first-order valence-corrected chi connectivity index (χ1v) is 6.28. The van der Waals surface area contributed by atoms with Crippen LogP contribution in [0.5, 0.6) is 0 Å². The Kier molecular flexibility index (Phi) is 2.87. The van der Waals surface area contributed by atoms with E-state index in [4.69, 9.17) is 10.5 Å². The highest BCUT2D eigenvalue weighted by atomic mass is 16.5. The Morgan fingerprint density at radius 1 is 1.35 bits per heavy atom. The van der Waals surface area contributed by atoms with E-state index < -0.39 is 0 Å². The van der Waals surface area contributed by atoms with Crippen LogP contribution in [0.1, 0.15) is 23.2 Å². The molecule has 1 aromatic heterocycles. The Labute approximate surface area is 101 Å². The van der Waals surface area contributed by atoms with Gasteiger partial charge in [-0.1, -0.05) is 6.07 Å². The molecule has 0 saturated heterocycles. The number of aromatic amines is 1. The number of benzene rings is 1. The van der Waals surface area contributed by atoms with E-state index in [0.717, 1.165) is 39.0 Å². The topological polar surface area (TPSA) is 51.0 Å². The third-order valence-electron chi connectivity index (χ3n) is 3.47. The van der Waals surface area contributed by atoms with Crippen molar-refractivity contribution >= 4 is 10.9 Å². The lowest BCUT2D eigenvalue weighted by Crippen LogP contribution is -2.08. The molecule has 2 aromatic rings. The summed E-state index contributed by atoms with van der Waals surface area (Å²) in [6, 6.07) is 6.66. The highest BCUT2D eigenvalue weighted by molar-refractivity contribution is 5.85. The number of hydrogen-bond donors (Lipinski definition) is 2. The Hall–Kier alpha value is -1.32. The van der Waals surface area contributed by atoms with E-state index in [2.05, 4.69) is 23.2 Å². The van der Waals surface area contributed by atoms with Crippen LogP contribution in [-0.4, -0.2) is 18.1 Å². The molecule has 0 aliphatic carbocycles. The number of rotatable bonds is 3. The molecule has 3 nitrogen and oxygen atoms in total. The van der Waals surface area contributed by atoms with Crippen molar-refractivity contribution in [3.63, 3.8) is 0 Å². The molecule has 0 fully saturated rings. The number of nitrogens with one attached hydrogen (secondary N) is 1. The maximum absolute atomic E-state index is 5.55. The number of ether oxygens (including phenoxy) is 1. The molecule has 0 bridgehead atoms. The van der Waals surface area contributed by atoms with Crippen molar-refractivity contribution in [3.8, 4) is 0 Å². The van der Waals surface area contributed by atoms with Crippen LogP contribution in [0.25, 0.3) is 10.9 Å². The van der Waals surface area contributed by atoms with Crippen LogP contribution in [0.2, 0.25) is 0 Å². The van der Waals surface area contributed by atoms with E-state index in [1.54, 1.807) is 0 Å². The van der Waals surface area contributed by atoms with Crippen molar-refractivity contribution in [3.05, 3.63) is 35.0 Å². The molecule has 2 heterocycles. The van der Waals surface area contributed by atoms with Gasteiger partial charge < -0.3 is 15.5 Å². The predicted molar refractivity (Wildman–Crippen MR) is 69.0 cm³/mol. The van der Waals surface area contributed by atoms with Gasteiger partial charge in [-0.05, 0) is 37.1 Å². The maximum atomic E-state index is 5.55. The second-order valence-corrected chi connectivity index (χ2v) is 4.66. The predicted octanol–water partition coefficient (Wildman–Crippen LogP) is 2.13. The molecule has 1 aliphatic rings. The first kappa shape index (κ1) is 10.8. The van der Waals surface area contributed by atoms with Crippen molar-refractivity contribution in [2.45, 2.75) is 25.9 Å². The van der Waals surface area contributed by atoms with Gasteiger partial charge in [-0.2, -0.15) is 0 Å². The molecule has 1 aliphatic heterocycles. The molecule has 0 saturated carbocycles. The molecule has 3 rings (SSSR count). The van der Waals surface area contributed by atoms with Crippen molar-refractivity contribution < 1.29 is 4.74 Å². The van der Waals surface area contributed by atoms with E-state index in [9.17, 15) is 0 Å². The zero-order valence-electron chi connectivity index (χ0n) is 9.96. The summed E-state index contributed by atoms with van der Waals surface area (Å²) in [5.74, 6) is 0. The molecule has 17 heavy (non-hydrogen) atoms. The maximum Gasteiger partial charge on any atom is 0.0740 e. The van der Waals surface area contributed by atoms with Gasteiger partial charge in [-0.3, -0.25) is 0 Å². The van der Waals surface area contributed by atoms with Gasteiger partial charge in [0.2, 0.25) is 0 Å². The minimum atomic E-state index is 0.746. The number of H-pyrrole nitrogens is 1. The standard InChI is InChI=1S/C14H18N2O/c15-6-1-2-10-3-4-13-11(8-10)12-9-17-7-5-14(12)16-13/h3-4,8,16H,1-2,5-7,9,15H2. The summed E-state index contributed by atoms with van der Waals surface area (Å²) in [5, 5.41) is 1.33. The van der Waals surface area contributed by atoms with Gasteiger partial charge >= 0.3 is 0 Å². The fraction of sp³-hybridized carbons (Fsp3) is 0.429. The van der Waals surface area contributed by atoms with Crippen LogP contribution in [0.15, 0.2) is 18.2 Å². The van der Waals surface area contributed by atoms with Crippen LogP contribution in [-0.2, 0) is 24.2 Å². The number of aromatic nitrogens is 1. The van der Waals surface area contributed by atoms with E-state index in [1.807, 2.05) is 0 Å². The Morgan fingerprint density at radius 3 is 3.18 bits per heavy atom. The molecule has 0 unspecified atom stereocenters. The summed E-state index contributed by atoms with van der Waals surface area (Å²) in [6.45, 7) is 2.34. The van der Waals surface area contributed by atoms with Crippen molar-refractivity contribution in [2.75, 3.05) is 13.2 Å². The van der Waals surface area contributed by atoms with E-state index in [1.165, 1.54) is 27.7 Å². The smallest absolute Gasteiger partial charge is 0.0740 e. The van der Waals surface area contributed by atoms with Gasteiger partial charge in [0.1, 0.15) is 0 Å². The van der Waals surface area contributed by atoms with E-state index >= 15 is 0 Å². The first-order valence-electron chi connectivity index (χ1n) is 6.28. The summed E-state index contributed by atoms with van der Waals surface area (Å²) < 4.78 is 5.54. The molecular formula is C14H18N2O. The third-order valence-corrected chi connectivity index (χ3v) is 3.47. The van der Waals surface area contributed by atoms with Gasteiger partial charge in [0.15, 0.2) is 0 Å². The Morgan fingerprint density at radius 2 is 2.29 bits per heavy atom. The van der Waals surface area contributed by atoms with Crippen molar-refractivity contribution in [1.29, 1.82) is 0 Å². The van der Waals surface area contributed by atoms with Crippen LogP contribution < -0.4 is 5.73 Å². The minimum Gasteiger partial charge on any atom is -0.376 e. The average molecular weight is 230 g/mol. The Balaban J connectivity index is 2.02. The van der Waals surface area contributed by atoms with E-state index in [-0.39, 0.29) is 0 Å². The normalized spacial score (nSPS) is 15.1. The van der Waals surface area contributed by atoms with Crippen LogP contribution >= 0.6 is 0 Å². The number of aryl methyl sites for hydroxylation is 1. The van der Waals surface area contributed by atoms with Gasteiger partial charge in [0.25, 0.3) is 0 Å². The lowest BCUT2D eigenvalue weighted by atomic mass is 10.0. The van der Waals surface area contributed by atoms with Crippen LogP contribution in [0, 0.1) is 0 Å². The second-order valence-electron chi connectivity index (χ2n) is 4.66. The number of fused-ring (bicyclic) bond motifs is 3. The molecular weight excluding hydrogens is 212 g/mol.